The van der Waals surface area contributed by atoms with Gasteiger partial charge in [-0.05, 0) is 49.8 Å². The summed E-state index contributed by atoms with van der Waals surface area (Å²) in [7, 11) is -3.38. The van der Waals surface area contributed by atoms with Gasteiger partial charge in [0.15, 0.2) is 0 Å². The van der Waals surface area contributed by atoms with E-state index in [4.69, 9.17) is 0 Å². The SMILES string of the molecule is C=CC(=O)NCC1CCN(S(=O)(=O)C2CCN(C(=O)c3ccccn3)CC2)CC1. The summed E-state index contributed by atoms with van der Waals surface area (Å²) in [4.78, 5) is 29.5. The molecular weight excluding hydrogens is 392 g/mol. The van der Waals surface area contributed by atoms with Crippen LogP contribution in [0.1, 0.15) is 36.2 Å². The minimum absolute atomic E-state index is 0.149. The quantitative estimate of drug-likeness (QED) is 0.693. The van der Waals surface area contributed by atoms with Crippen molar-refractivity contribution in [3.8, 4) is 0 Å². The van der Waals surface area contributed by atoms with Crippen molar-refractivity contribution in [2.45, 2.75) is 30.9 Å². The molecule has 0 unspecified atom stereocenters. The maximum absolute atomic E-state index is 13.0. The van der Waals surface area contributed by atoms with Crippen LogP contribution in [0.15, 0.2) is 37.1 Å². The second-order valence-corrected chi connectivity index (χ2v) is 9.76. The smallest absolute Gasteiger partial charge is 0.272 e. The molecule has 0 aliphatic carbocycles. The standard InChI is InChI=1S/C20H28N4O4S/c1-2-19(25)22-15-16-6-13-24(14-7-16)29(27,28)17-8-11-23(12-9-17)20(26)18-5-3-4-10-21-18/h2-5,10,16-17H,1,6-9,11-15H2,(H,22,25). The Labute approximate surface area is 172 Å². The van der Waals surface area contributed by atoms with E-state index in [0.717, 1.165) is 12.8 Å². The number of aromatic nitrogens is 1. The fraction of sp³-hybridized carbons (Fsp3) is 0.550. The fourth-order valence-electron chi connectivity index (χ4n) is 3.90. The monoisotopic (exact) mass is 420 g/mol. The van der Waals surface area contributed by atoms with E-state index in [-0.39, 0.29) is 17.7 Å². The first kappa shape index (κ1) is 21.4. The van der Waals surface area contributed by atoms with Gasteiger partial charge < -0.3 is 10.2 Å². The number of rotatable bonds is 6. The molecule has 1 N–H and O–H groups in total. The highest BCUT2D eigenvalue weighted by Crippen LogP contribution is 2.26. The molecule has 0 atom stereocenters. The third-order valence-electron chi connectivity index (χ3n) is 5.72. The van der Waals surface area contributed by atoms with Crippen molar-refractivity contribution in [1.29, 1.82) is 0 Å². The Balaban J connectivity index is 1.49. The molecule has 3 rings (SSSR count). The number of nitrogens with zero attached hydrogens (tertiary/aromatic N) is 3. The fourth-order valence-corrected chi connectivity index (χ4v) is 5.85. The number of carbonyl (C=O) groups excluding carboxylic acids is 2. The predicted molar refractivity (Wildman–Crippen MR) is 110 cm³/mol. The number of hydrogen-bond donors (Lipinski definition) is 1. The molecule has 9 heteroatoms. The van der Waals surface area contributed by atoms with E-state index < -0.39 is 15.3 Å². The second-order valence-electron chi connectivity index (χ2n) is 7.54. The zero-order valence-electron chi connectivity index (χ0n) is 16.5. The normalized spacial score (nSPS) is 19.7. The van der Waals surface area contributed by atoms with Crippen molar-refractivity contribution in [2.75, 3.05) is 32.7 Å². The highest BCUT2D eigenvalue weighted by molar-refractivity contribution is 7.89. The average molecular weight is 421 g/mol. The molecule has 0 aromatic carbocycles. The van der Waals surface area contributed by atoms with Gasteiger partial charge in [-0.3, -0.25) is 14.6 Å². The zero-order chi connectivity index (χ0) is 20.9. The number of amides is 2. The van der Waals surface area contributed by atoms with Crippen LogP contribution in [0.5, 0.6) is 0 Å². The number of likely N-dealkylation sites (tertiary alicyclic amines) is 1. The van der Waals surface area contributed by atoms with Gasteiger partial charge in [-0.25, -0.2) is 12.7 Å². The Bertz CT molecular complexity index is 827. The van der Waals surface area contributed by atoms with Crippen molar-refractivity contribution < 1.29 is 18.0 Å². The van der Waals surface area contributed by atoms with E-state index >= 15 is 0 Å². The van der Waals surface area contributed by atoms with E-state index in [1.165, 1.54) is 6.08 Å². The second kappa shape index (κ2) is 9.49. The molecule has 2 saturated heterocycles. The molecule has 2 aliphatic rings. The molecule has 1 aromatic rings. The zero-order valence-corrected chi connectivity index (χ0v) is 17.3. The highest BCUT2D eigenvalue weighted by atomic mass is 32.2. The van der Waals surface area contributed by atoms with Crippen molar-refractivity contribution in [3.63, 3.8) is 0 Å². The Morgan fingerprint density at radius 2 is 1.83 bits per heavy atom. The van der Waals surface area contributed by atoms with Crippen molar-refractivity contribution in [1.82, 2.24) is 19.5 Å². The highest BCUT2D eigenvalue weighted by Gasteiger charge is 2.37. The topological polar surface area (TPSA) is 99.7 Å². The van der Waals surface area contributed by atoms with Crippen LogP contribution in [-0.4, -0.2) is 72.4 Å². The first-order valence-electron chi connectivity index (χ1n) is 10.0. The Morgan fingerprint density at radius 3 is 2.41 bits per heavy atom. The van der Waals surface area contributed by atoms with Gasteiger partial charge in [-0.2, -0.15) is 0 Å². The lowest BCUT2D eigenvalue weighted by Gasteiger charge is -2.37. The van der Waals surface area contributed by atoms with Gasteiger partial charge in [0.05, 0.1) is 5.25 Å². The molecular formula is C20H28N4O4S. The summed E-state index contributed by atoms with van der Waals surface area (Å²) in [5.41, 5.74) is 0.388. The molecule has 158 valence electrons. The minimum Gasteiger partial charge on any atom is -0.352 e. The van der Waals surface area contributed by atoms with Crippen LogP contribution in [-0.2, 0) is 14.8 Å². The molecule has 8 nitrogen and oxygen atoms in total. The van der Waals surface area contributed by atoms with Crippen LogP contribution in [0, 0.1) is 5.92 Å². The van der Waals surface area contributed by atoms with Gasteiger partial charge >= 0.3 is 0 Å². The number of carbonyl (C=O) groups is 2. The molecule has 3 heterocycles. The molecule has 2 amide bonds. The molecule has 29 heavy (non-hydrogen) atoms. The molecule has 0 bridgehead atoms. The molecule has 2 aliphatic heterocycles. The van der Waals surface area contributed by atoms with Crippen LogP contribution >= 0.6 is 0 Å². The molecule has 0 radical (unpaired) electrons. The molecule has 0 spiro atoms. The number of piperidine rings is 2. The van der Waals surface area contributed by atoms with Crippen LogP contribution < -0.4 is 5.32 Å². The first-order valence-corrected chi connectivity index (χ1v) is 11.5. The van der Waals surface area contributed by atoms with Gasteiger partial charge in [0, 0.05) is 38.9 Å². The maximum Gasteiger partial charge on any atom is 0.272 e. The van der Waals surface area contributed by atoms with Gasteiger partial charge in [0.1, 0.15) is 5.69 Å². The van der Waals surface area contributed by atoms with E-state index in [9.17, 15) is 18.0 Å². The van der Waals surface area contributed by atoms with Crippen LogP contribution in [0.3, 0.4) is 0 Å². The average Bonchev–Trinajstić information content (AvgIpc) is 2.78. The van der Waals surface area contributed by atoms with Gasteiger partial charge in [-0.15, -0.1) is 0 Å². The lowest BCUT2D eigenvalue weighted by molar-refractivity contribution is -0.116. The third kappa shape index (κ3) is 5.22. The molecule has 1 aromatic heterocycles. The van der Waals surface area contributed by atoms with Gasteiger partial charge in [0.25, 0.3) is 5.91 Å². The summed E-state index contributed by atoms with van der Waals surface area (Å²) >= 11 is 0. The lowest BCUT2D eigenvalue weighted by Crippen LogP contribution is -2.49. The number of sulfonamides is 1. The van der Waals surface area contributed by atoms with Crippen LogP contribution in [0.25, 0.3) is 0 Å². The number of nitrogens with one attached hydrogen (secondary N) is 1. The van der Waals surface area contributed by atoms with Crippen LogP contribution in [0.2, 0.25) is 0 Å². The summed E-state index contributed by atoms with van der Waals surface area (Å²) < 4.78 is 27.6. The van der Waals surface area contributed by atoms with Crippen molar-refractivity contribution >= 4 is 21.8 Å². The maximum atomic E-state index is 13.0. The lowest BCUT2D eigenvalue weighted by atomic mass is 9.98. The minimum atomic E-state index is -3.38. The van der Waals surface area contributed by atoms with E-state index in [0.29, 0.717) is 51.3 Å². The third-order valence-corrected chi connectivity index (χ3v) is 8.12. The molecule has 0 saturated carbocycles. The molecule has 2 fully saturated rings. The Morgan fingerprint density at radius 1 is 1.14 bits per heavy atom. The Kier molecular flexibility index (Phi) is 7.02. The van der Waals surface area contributed by atoms with E-state index in [1.807, 2.05) is 0 Å². The summed E-state index contributed by atoms with van der Waals surface area (Å²) in [6.07, 6.45) is 5.16. The largest absolute Gasteiger partial charge is 0.352 e. The van der Waals surface area contributed by atoms with Gasteiger partial charge in [0.2, 0.25) is 15.9 Å². The Hall–Kier alpha value is -2.26. The van der Waals surface area contributed by atoms with E-state index in [2.05, 4.69) is 16.9 Å². The van der Waals surface area contributed by atoms with Crippen molar-refractivity contribution in [2.24, 2.45) is 5.92 Å². The van der Waals surface area contributed by atoms with E-state index in [1.54, 1.807) is 33.6 Å². The summed E-state index contributed by atoms with van der Waals surface area (Å²) in [6.45, 7) is 5.77. The number of pyridine rings is 1. The first-order chi connectivity index (χ1) is 13.9. The van der Waals surface area contributed by atoms with Crippen molar-refractivity contribution in [3.05, 3.63) is 42.7 Å². The summed E-state index contributed by atoms with van der Waals surface area (Å²) in [5.74, 6) is -0.0703. The van der Waals surface area contributed by atoms with Crippen LogP contribution in [0.4, 0.5) is 0 Å². The summed E-state index contributed by atoms with van der Waals surface area (Å²) in [5, 5.41) is 2.33. The van der Waals surface area contributed by atoms with Gasteiger partial charge in [-0.1, -0.05) is 12.6 Å². The summed E-state index contributed by atoms with van der Waals surface area (Å²) in [6, 6.07) is 5.20. The number of hydrogen-bond acceptors (Lipinski definition) is 5. The predicted octanol–water partition coefficient (Wildman–Crippen LogP) is 1.03.